The molecule has 2 aromatic carbocycles. The summed E-state index contributed by atoms with van der Waals surface area (Å²) in [5, 5.41) is 0. The number of hydrogen-bond acceptors (Lipinski definition) is 1. The van der Waals surface area contributed by atoms with E-state index < -0.39 is 0 Å². The van der Waals surface area contributed by atoms with E-state index in [0.717, 1.165) is 16.0 Å². The van der Waals surface area contributed by atoms with E-state index in [0.29, 0.717) is 0 Å². The second kappa shape index (κ2) is 4.58. The third-order valence-electron chi connectivity index (χ3n) is 2.70. The lowest BCUT2D eigenvalue weighted by Crippen LogP contribution is -2.01. The zero-order valence-electron chi connectivity index (χ0n) is 9.53. The molecule has 0 amide bonds. The maximum absolute atomic E-state index is 5.52. The van der Waals surface area contributed by atoms with E-state index in [-0.39, 0.29) is 0 Å². The first-order chi connectivity index (χ1) is 7.68. The third-order valence-corrected chi connectivity index (χ3v) is 3.16. The zero-order valence-corrected chi connectivity index (χ0v) is 10.3. The molecule has 0 spiro atoms. The van der Waals surface area contributed by atoms with E-state index in [9.17, 15) is 0 Å². The van der Waals surface area contributed by atoms with Crippen molar-refractivity contribution in [2.45, 2.75) is 13.8 Å². The molecule has 2 rings (SSSR count). The van der Waals surface area contributed by atoms with Gasteiger partial charge in [-0.1, -0.05) is 66.3 Å². The Morgan fingerprint density at radius 3 is 2.12 bits per heavy atom. The van der Waals surface area contributed by atoms with E-state index in [1.807, 2.05) is 12.1 Å². The Balaban J connectivity index is 2.40. The monoisotopic (exact) mass is 226 g/mol. The fraction of sp³-hybridized carbons (Fsp3) is 0.133. The van der Waals surface area contributed by atoms with Crippen LogP contribution in [0.1, 0.15) is 22.3 Å². The standard InChI is InChI=1S/C15H14S/c1-11-7-9-13(10-8-11)15(16)14-6-4-3-5-12(14)2/h3-10H,1-2H3. The van der Waals surface area contributed by atoms with Crippen molar-refractivity contribution in [3.05, 3.63) is 70.8 Å². The first-order valence-electron chi connectivity index (χ1n) is 5.35. The van der Waals surface area contributed by atoms with Crippen LogP contribution in [0.15, 0.2) is 48.5 Å². The molecule has 0 saturated carbocycles. The van der Waals surface area contributed by atoms with E-state index in [2.05, 4.69) is 50.2 Å². The predicted octanol–water partition coefficient (Wildman–Crippen LogP) is 4.07. The summed E-state index contributed by atoms with van der Waals surface area (Å²) in [4.78, 5) is 0.929. The molecule has 80 valence electrons. The van der Waals surface area contributed by atoms with Crippen LogP contribution in [0.5, 0.6) is 0 Å². The average Bonchev–Trinajstić information content (AvgIpc) is 2.30. The quantitative estimate of drug-likeness (QED) is 0.549. The molecule has 2 aromatic rings. The first-order valence-corrected chi connectivity index (χ1v) is 5.76. The topological polar surface area (TPSA) is 0 Å². The molecule has 0 atom stereocenters. The van der Waals surface area contributed by atoms with Gasteiger partial charge in [-0.25, -0.2) is 0 Å². The summed E-state index contributed by atoms with van der Waals surface area (Å²) in [6.45, 7) is 4.18. The second-order valence-electron chi connectivity index (χ2n) is 4.01. The predicted molar refractivity (Wildman–Crippen MR) is 73.2 cm³/mol. The molecule has 0 aliphatic rings. The normalized spacial score (nSPS) is 10.1. The molecule has 0 heterocycles. The molecule has 0 radical (unpaired) electrons. The molecule has 0 nitrogen and oxygen atoms in total. The van der Waals surface area contributed by atoms with Crippen LogP contribution in [0.2, 0.25) is 0 Å². The van der Waals surface area contributed by atoms with Crippen molar-refractivity contribution in [1.29, 1.82) is 0 Å². The Morgan fingerprint density at radius 1 is 0.875 bits per heavy atom. The highest BCUT2D eigenvalue weighted by molar-refractivity contribution is 7.81. The molecule has 0 saturated heterocycles. The fourth-order valence-electron chi connectivity index (χ4n) is 1.69. The van der Waals surface area contributed by atoms with Gasteiger partial charge in [-0.3, -0.25) is 0 Å². The first kappa shape index (κ1) is 11.0. The van der Waals surface area contributed by atoms with Gasteiger partial charge in [0.1, 0.15) is 0 Å². The van der Waals surface area contributed by atoms with Crippen molar-refractivity contribution in [3.8, 4) is 0 Å². The molecule has 0 aromatic heterocycles. The lowest BCUT2D eigenvalue weighted by molar-refractivity contribution is 1.43. The van der Waals surface area contributed by atoms with Gasteiger partial charge in [-0.2, -0.15) is 0 Å². The van der Waals surface area contributed by atoms with Crippen LogP contribution in [-0.4, -0.2) is 4.86 Å². The second-order valence-corrected chi connectivity index (χ2v) is 4.42. The molecule has 16 heavy (non-hydrogen) atoms. The van der Waals surface area contributed by atoms with Gasteiger partial charge < -0.3 is 0 Å². The van der Waals surface area contributed by atoms with Crippen LogP contribution in [0, 0.1) is 13.8 Å². The third kappa shape index (κ3) is 2.20. The maximum Gasteiger partial charge on any atom is 0.0524 e. The van der Waals surface area contributed by atoms with Crippen molar-refractivity contribution >= 4 is 17.1 Å². The van der Waals surface area contributed by atoms with Gasteiger partial charge in [-0.05, 0) is 30.5 Å². The van der Waals surface area contributed by atoms with Crippen LogP contribution in [-0.2, 0) is 0 Å². The van der Waals surface area contributed by atoms with E-state index in [1.54, 1.807) is 0 Å². The highest BCUT2D eigenvalue weighted by Crippen LogP contribution is 2.15. The van der Waals surface area contributed by atoms with E-state index in [4.69, 9.17) is 12.2 Å². The van der Waals surface area contributed by atoms with Gasteiger partial charge in [0, 0.05) is 0 Å². The minimum absolute atomic E-state index is 0.929. The number of thiocarbonyl (C=S) groups is 1. The minimum Gasteiger partial charge on any atom is -0.0788 e. The minimum atomic E-state index is 0.929. The van der Waals surface area contributed by atoms with Crippen molar-refractivity contribution in [2.75, 3.05) is 0 Å². The lowest BCUT2D eigenvalue weighted by Gasteiger charge is -2.07. The van der Waals surface area contributed by atoms with Crippen LogP contribution in [0.3, 0.4) is 0 Å². The summed E-state index contributed by atoms with van der Waals surface area (Å²) >= 11 is 5.52. The van der Waals surface area contributed by atoms with Gasteiger partial charge >= 0.3 is 0 Å². The summed E-state index contributed by atoms with van der Waals surface area (Å²) in [6, 6.07) is 16.6. The molecule has 0 aliphatic heterocycles. The summed E-state index contributed by atoms with van der Waals surface area (Å²) in [7, 11) is 0. The zero-order chi connectivity index (χ0) is 11.5. The van der Waals surface area contributed by atoms with Crippen LogP contribution < -0.4 is 0 Å². The highest BCUT2D eigenvalue weighted by Gasteiger charge is 2.06. The molecule has 0 fully saturated rings. The highest BCUT2D eigenvalue weighted by atomic mass is 32.1. The Labute approximate surface area is 102 Å². The summed E-state index contributed by atoms with van der Waals surface area (Å²) in [5.41, 5.74) is 4.76. The summed E-state index contributed by atoms with van der Waals surface area (Å²) in [5.74, 6) is 0. The van der Waals surface area contributed by atoms with Gasteiger partial charge in [0.05, 0.1) is 4.86 Å². The summed E-state index contributed by atoms with van der Waals surface area (Å²) < 4.78 is 0. The number of rotatable bonds is 2. The van der Waals surface area contributed by atoms with Gasteiger partial charge in [-0.15, -0.1) is 0 Å². The van der Waals surface area contributed by atoms with Crippen LogP contribution >= 0.6 is 12.2 Å². The molecule has 0 aliphatic carbocycles. The van der Waals surface area contributed by atoms with Crippen molar-refractivity contribution < 1.29 is 0 Å². The van der Waals surface area contributed by atoms with Gasteiger partial charge in [0.25, 0.3) is 0 Å². The molecular weight excluding hydrogens is 212 g/mol. The Morgan fingerprint density at radius 2 is 1.50 bits per heavy atom. The fourth-order valence-corrected chi connectivity index (χ4v) is 2.05. The SMILES string of the molecule is Cc1ccc(C(=S)c2ccccc2C)cc1. The van der Waals surface area contributed by atoms with Gasteiger partial charge in [0.2, 0.25) is 0 Å². The largest absolute Gasteiger partial charge is 0.0788 e. The summed E-state index contributed by atoms with van der Waals surface area (Å²) in [6.07, 6.45) is 0. The number of benzene rings is 2. The molecular formula is C15H14S. The van der Waals surface area contributed by atoms with E-state index in [1.165, 1.54) is 11.1 Å². The molecule has 0 unspecified atom stereocenters. The smallest absolute Gasteiger partial charge is 0.0524 e. The molecule has 1 heteroatoms. The maximum atomic E-state index is 5.52. The Bertz CT molecular complexity index is 509. The van der Waals surface area contributed by atoms with Crippen molar-refractivity contribution in [2.24, 2.45) is 0 Å². The molecule has 0 N–H and O–H groups in total. The lowest BCUT2D eigenvalue weighted by atomic mass is 10.00. The average molecular weight is 226 g/mol. The number of hydrogen-bond donors (Lipinski definition) is 0. The van der Waals surface area contributed by atoms with E-state index >= 15 is 0 Å². The van der Waals surface area contributed by atoms with Crippen molar-refractivity contribution in [1.82, 2.24) is 0 Å². The molecule has 0 bridgehead atoms. The number of aryl methyl sites for hydroxylation is 2. The Kier molecular flexibility index (Phi) is 3.16. The van der Waals surface area contributed by atoms with Crippen molar-refractivity contribution in [3.63, 3.8) is 0 Å². The van der Waals surface area contributed by atoms with Crippen LogP contribution in [0.25, 0.3) is 0 Å². The Hall–Kier alpha value is -1.47. The van der Waals surface area contributed by atoms with Crippen LogP contribution in [0.4, 0.5) is 0 Å². The van der Waals surface area contributed by atoms with Gasteiger partial charge in [0.15, 0.2) is 0 Å².